The van der Waals surface area contributed by atoms with Gasteiger partial charge in [0.1, 0.15) is 0 Å². The largest absolute Gasteiger partial charge is 0.355 e. The Balaban J connectivity index is 1.16. The Kier molecular flexibility index (Phi) is 6.93. The van der Waals surface area contributed by atoms with Crippen molar-refractivity contribution < 1.29 is 0 Å². The zero-order valence-electron chi connectivity index (χ0n) is 33.9. The number of fused-ring (bicyclic) bond motifs is 11. The Morgan fingerprint density at radius 1 is 0.589 bits per heavy atom. The van der Waals surface area contributed by atoms with Gasteiger partial charge in [-0.3, -0.25) is 0 Å². The van der Waals surface area contributed by atoms with E-state index in [1.807, 2.05) is 0 Å². The van der Waals surface area contributed by atoms with Gasteiger partial charge in [-0.05, 0) is 116 Å². The third-order valence-electron chi connectivity index (χ3n) is 14.7. The second-order valence-corrected chi connectivity index (χ2v) is 19.2. The molecule has 7 aromatic rings. The number of hydrogen-bond acceptors (Lipinski definition) is 2. The van der Waals surface area contributed by atoms with Crippen molar-refractivity contribution in [2.75, 3.05) is 10.2 Å². The van der Waals surface area contributed by atoms with E-state index in [0.29, 0.717) is 0 Å². The van der Waals surface area contributed by atoms with Crippen LogP contribution in [0.5, 0.6) is 0 Å². The fourth-order valence-electron chi connectivity index (χ4n) is 11.4. The lowest BCUT2D eigenvalue weighted by Gasteiger charge is -2.51. The Labute approximate surface area is 333 Å². The smallest absolute Gasteiger partial charge is 0.197 e. The second kappa shape index (κ2) is 11.4. The molecule has 0 amide bonds. The normalized spacial score (nSPS) is 21.2. The number of nitrogens with one attached hydrogen (secondary N) is 1. The monoisotopic (exact) mass is 725 g/mol. The fraction of sp³-hybridized carbons (Fsp3) is 0.283. The van der Waals surface area contributed by atoms with Crippen LogP contribution in [-0.4, -0.2) is 12.8 Å². The van der Waals surface area contributed by atoms with Gasteiger partial charge in [0.05, 0.1) is 5.54 Å². The van der Waals surface area contributed by atoms with E-state index in [0.717, 1.165) is 11.4 Å². The van der Waals surface area contributed by atoms with Crippen LogP contribution in [0.25, 0.3) is 43.8 Å². The van der Waals surface area contributed by atoms with Gasteiger partial charge in [-0.15, -0.1) is 0 Å². The van der Waals surface area contributed by atoms with Gasteiger partial charge in [0.25, 0.3) is 0 Å². The summed E-state index contributed by atoms with van der Waals surface area (Å²) in [6.07, 6.45) is 4.94. The average Bonchev–Trinajstić information content (AvgIpc) is 3.55. The van der Waals surface area contributed by atoms with E-state index in [2.05, 4.69) is 187 Å². The number of rotatable bonds is 3. The number of benzene rings is 7. The molecular weight excluding hydrogens is 675 g/mol. The topological polar surface area (TPSA) is 15.3 Å². The summed E-state index contributed by atoms with van der Waals surface area (Å²) in [5, 5.41) is 9.14. The minimum Gasteiger partial charge on any atom is -0.355 e. The van der Waals surface area contributed by atoms with Gasteiger partial charge in [0.2, 0.25) is 0 Å². The van der Waals surface area contributed by atoms with Gasteiger partial charge in [-0.2, -0.15) is 0 Å². The zero-order chi connectivity index (χ0) is 38.4. The summed E-state index contributed by atoms with van der Waals surface area (Å²) >= 11 is 0. The second-order valence-electron chi connectivity index (χ2n) is 19.2. The third kappa shape index (κ3) is 4.52. The average molecular weight is 726 g/mol. The molecule has 0 bridgehead atoms. The number of nitrogens with zero attached hydrogens (tertiary/aromatic N) is 1. The van der Waals surface area contributed by atoms with Gasteiger partial charge in [0.15, 0.2) is 7.28 Å². The molecule has 3 heteroatoms. The van der Waals surface area contributed by atoms with Crippen LogP contribution in [0.2, 0.25) is 0 Å². The van der Waals surface area contributed by atoms with Crippen molar-refractivity contribution in [1.29, 1.82) is 0 Å². The maximum absolute atomic E-state index is 4.03. The van der Waals surface area contributed by atoms with Crippen molar-refractivity contribution >= 4 is 62.5 Å². The van der Waals surface area contributed by atoms with Gasteiger partial charge in [-0.25, -0.2) is 0 Å². The summed E-state index contributed by atoms with van der Waals surface area (Å²) < 4.78 is 0. The molecule has 0 spiro atoms. The van der Waals surface area contributed by atoms with E-state index in [-0.39, 0.29) is 21.8 Å². The zero-order valence-corrected chi connectivity index (χ0v) is 33.9. The molecule has 1 N–H and O–H groups in total. The molecule has 2 aliphatic carbocycles. The van der Waals surface area contributed by atoms with E-state index in [4.69, 9.17) is 0 Å². The fourth-order valence-corrected chi connectivity index (χ4v) is 11.4. The molecule has 2 heterocycles. The van der Waals surface area contributed by atoms with Crippen LogP contribution in [-0.2, 0) is 16.2 Å². The van der Waals surface area contributed by atoms with Gasteiger partial charge in [0, 0.05) is 44.5 Å². The molecule has 11 rings (SSSR count). The summed E-state index contributed by atoms with van der Waals surface area (Å²) in [5.41, 5.74) is 18.7. The van der Waals surface area contributed by atoms with E-state index in [9.17, 15) is 0 Å². The molecular formula is C53H50BN2. The number of anilines is 4. The van der Waals surface area contributed by atoms with Crippen molar-refractivity contribution in [3.8, 4) is 22.3 Å². The lowest BCUT2D eigenvalue weighted by atomic mass is 9.56. The van der Waals surface area contributed by atoms with Crippen molar-refractivity contribution in [3.63, 3.8) is 0 Å². The Morgan fingerprint density at radius 2 is 1.27 bits per heavy atom. The molecule has 0 aromatic heterocycles. The van der Waals surface area contributed by atoms with E-state index in [1.165, 1.54) is 108 Å². The maximum Gasteiger partial charge on any atom is 0.197 e. The quantitative estimate of drug-likeness (QED) is 0.183. The van der Waals surface area contributed by atoms with Crippen molar-refractivity contribution in [2.45, 2.75) is 95.9 Å². The molecule has 4 aliphatic rings. The molecule has 2 unspecified atom stereocenters. The molecule has 275 valence electrons. The van der Waals surface area contributed by atoms with E-state index in [1.54, 1.807) is 5.56 Å². The Hall–Kier alpha value is -5.28. The molecule has 1 saturated carbocycles. The van der Waals surface area contributed by atoms with Crippen LogP contribution in [0, 0.1) is 0 Å². The first kappa shape index (κ1) is 34.0. The van der Waals surface area contributed by atoms with Crippen LogP contribution in [0.15, 0.2) is 121 Å². The molecule has 0 saturated heterocycles. The first-order valence-corrected chi connectivity index (χ1v) is 20.8. The minimum absolute atomic E-state index is 0.0392. The lowest BCUT2D eigenvalue weighted by molar-refractivity contribution is 0.195. The van der Waals surface area contributed by atoms with Crippen molar-refractivity contribution in [2.24, 2.45) is 0 Å². The predicted octanol–water partition coefficient (Wildman–Crippen LogP) is 12.7. The van der Waals surface area contributed by atoms with Crippen LogP contribution >= 0.6 is 0 Å². The summed E-state index contributed by atoms with van der Waals surface area (Å²) in [5.74, 6) is 0. The highest BCUT2D eigenvalue weighted by Gasteiger charge is 2.60. The molecule has 7 aromatic carbocycles. The molecule has 2 aliphatic heterocycles. The van der Waals surface area contributed by atoms with Crippen LogP contribution in [0.1, 0.15) is 96.4 Å². The molecule has 56 heavy (non-hydrogen) atoms. The van der Waals surface area contributed by atoms with E-state index < -0.39 is 0 Å². The molecule has 1 radical (unpaired) electrons. The number of hydrogen-bond donors (Lipinski definition) is 1. The molecule has 2 nitrogen and oxygen atoms in total. The highest BCUT2D eigenvalue weighted by atomic mass is 15.3. The summed E-state index contributed by atoms with van der Waals surface area (Å²) in [6, 6.07) is 46.3. The van der Waals surface area contributed by atoms with Gasteiger partial charge >= 0.3 is 0 Å². The maximum atomic E-state index is 4.03. The van der Waals surface area contributed by atoms with Crippen LogP contribution in [0.4, 0.5) is 22.7 Å². The van der Waals surface area contributed by atoms with Gasteiger partial charge < -0.3 is 10.2 Å². The van der Waals surface area contributed by atoms with Crippen molar-refractivity contribution in [3.05, 3.63) is 144 Å². The predicted molar refractivity (Wildman–Crippen MR) is 241 cm³/mol. The standard InChI is InChI=1S/C53H50BN2/c1-50(2,3)35-29-44-49-45(30-35)54-47-41(27-34-18-10-11-19-37(34)48(47)56(49)53(7)25-15-14-24-52(44,53)6)40-26-32-16-8-9-17-33(32)28-46(40)55-36-22-23-39-38-20-12-13-21-42(38)51(4,5)43(39)31-36/h8-13,16-23,26-31,55H,14-15,24-25H2,1-7H3. The third-order valence-corrected chi connectivity index (χ3v) is 14.7. The SMILES string of the molecule is CC(C)(C)c1cc2c3c(c1)C1(C)CCCCC1(C)N3c1c(c(-c3cc4ccccc4cc3Nc3ccc4c(c3)C(C)(C)c3ccccc3-4)cc3ccccc13)[B]2. The van der Waals surface area contributed by atoms with Crippen LogP contribution < -0.4 is 21.1 Å². The van der Waals surface area contributed by atoms with Crippen molar-refractivity contribution in [1.82, 2.24) is 0 Å². The first-order valence-electron chi connectivity index (χ1n) is 20.8. The first-order chi connectivity index (χ1) is 26.9. The molecule has 2 atom stereocenters. The highest BCUT2D eigenvalue weighted by Crippen LogP contribution is 2.62. The summed E-state index contributed by atoms with van der Waals surface area (Å²) in [6.45, 7) is 17.0. The van der Waals surface area contributed by atoms with Gasteiger partial charge in [-0.1, -0.05) is 151 Å². The minimum atomic E-state index is -0.0696. The Morgan fingerprint density at radius 3 is 2.07 bits per heavy atom. The Bertz CT molecular complexity index is 2820. The summed E-state index contributed by atoms with van der Waals surface area (Å²) in [7, 11) is 2.56. The highest BCUT2D eigenvalue weighted by molar-refractivity contribution is 6.74. The molecule has 1 fully saturated rings. The van der Waals surface area contributed by atoms with Crippen LogP contribution in [0.3, 0.4) is 0 Å². The summed E-state index contributed by atoms with van der Waals surface area (Å²) in [4.78, 5) is 2.85. The lowest BCUT2D eigenvalue weighted by Crippen LogP contribution is -2.57. The van der Waals surface area contributed by atoms with E-state index >= 15 is 0 Å².